The maximum atomic E-state index is 10.4. The third-order valence-electron chi connectivity index (χ3n) is 3.11. The molecule has 1 rings (SSSR count). The van der Waals surface area contributed by atoms with Crippen molar-refractivity contribution in [3.05, 3.63) is 35.9 Å². The fourth-order valence-corrected chi connectivity index (χ4v) is 2.38. The Bertz CT molecular complexity index is 349. The Hall–Kier alpha value is -0.900. The van der Waals surface area contributed by atoms with Crippen molar-refractivity contribution in [3.8, 4) is 0 Å². The largest absolute Gasteiger partial charge is 0.392 e. The predicted molar refractivity (Wildman–Crippen MR) is 74.4 cm³/mol. The maximum absolute atomic E-state index is 10.4. The second-order valence-corrected chi connectivity index (χ2v) is 5.85. The molecule has 0 amide bonds. The molecule has 3 heteroatoms. The highest BCUT2D eigenvalue weighted by molar-refractivity contribution is 5.19. The number of likely N-dealkylation sites (N-methyl/N-ethyl adjacent to an activating group) is 1. The lowest BCUT2D eigenvalue weighted by Crippen LogP contribution is -2.38. The second-order valence-electron chi connectivity index (χ2n) is 5.85. The molecule has 0 radical (unpaired) electrons. The van der Waals surface area contributed by atoms with Crippen LogP contribution >= 0.6 is 0 Å². The summed E-state index contributed by atoms with van der Waals surface area (Å²) in [6.45, 7) is 7.21. The molecule has 0 fully saturated rings. The molecular weight excluding hydrogens is 226 g/mol. The van der Waals surface area contributed by atoms with Crippen LogP contribution in [0.5, 0.6) is 0 Å². The molecule has 2 atom stereocenters. The van der Waals surface area contributed by atoms with Crippen LogP contribution in [0, 0.1) is 5.41 Å². The van der Waals surface area contributed by atoms with Gasteiger partial charge in [-0.05, 0) is 19.5 Å². The van der Waals surface area contributed by atoms with E-state index in [-0.39, 0.29) is 11.5 Å². The van der Waals surface area contributed by atoms with Crippen LogP contribution in [0.15, 0.2) is 30.3 Å². The number of aliphatic hydroxyl groups is 2. The molecule has 0 spiro atoms. The minimum Gasteiger partial charge on any atom is -0.392 e. The molecule has 2 N–H and O–H groups in total. The van der Waals surface area contributed by atoms with Gasteiger partial charge in [0.1, 0.15) is 0 Å². The van der Waals surface area contributed by atoms with Crippen LogP contribution < -0.4 is 0 Å². The van der Waals surface area contributed by atoms with Crippen LogP contribution in [0.25, 0.3) is 0 Å². The zero-order valence-electron chi connectivity index (χ0n) is 11.8. The molecule has 0 heterocycles. The first-order valence-corrected chi connectivity index (χ1v) is 6.42. The van der Waals surface area contributed by atoms with Crippen LogP contribution in [-0.4, -0.2) is 41.4 Å². The number of hydrogen-bond donors (Lipinski definition) is 2. The first-order chi connectivity index (χ1) is 8.33. The van der Waals surface area contributed by atoms with Crippen LogP contribution in [0.4, 0.5) is 0 Å². The van der Waals surface area contributed by atoms with Gasteiger partial charge in [0, 0.05) is 18.5 Å². The first kappa shape index (κ1) is 15.2. The van der Waals surface area contributed by atoms with E-state index < -0.39 is 6.10 Å². The molecular formula is C15H25NO2. The minimum absolute atomic E-state index is 0.259. The second kappa shape index (κ2) is 6.32. The summed E-state index contributed by atoms with van der Waals surface area (Å²) in [6, 6.07) is 9.72. The molecule has 0 aliphatic rings. The minimum atomic E-state index is -0.504. The first-order valence-electron chi connectivity index (χ1n) is 6.42. The van der Waals surface area contributed by atoms with Crippen molar-refractivity contribution in [2.45, 2.75) is 33.0 Å². The fourth-order valence-electron chi connectivity index (χ4n) is 2.38. The van der Waals surface area contributed by atoms with E-state index in [1.807, 2.05) is 51.2 Å². The molecule has 1 aromatic carbocycles. The summed E-state index contributed by atoms with van der Waals surface area (Å²) in [5.74, 6) is 0. The molecule has 0 aromatic heterocycles. The number of nitrogens with zero attached hydrogens (tertiary/aromatic N) is 1. The quantitative estimate of drug-likeness (QED) is 0.813. The van der Waals surface area contributed by atoms with Crippen LogP contribution in [0.3, 0.4) is 0 Å². The summed E-state index contributed by atoms with van der Waals surface area (Å²) < 4.78 is 0. The Kier molecular flexibility index (Phi) is 5.32. The lowest BCUT2D eigenvalue weighted by atomic mass is 9.82. The third kappa shape index (κ3) is 4.41. The Morgan fingerprint density at radius 2 is 1.72 bits per heavy atom. The van der Waals surface area contributed by atoms with E-state index >= 15 is 0 Å². The van der Waals surface area contributed by atoms with Gasteiger partial charge in [-0.2, -0.15) is 0 Å². The number of hydrogen-bond acceptors (Lipinski definition) is 3. The van der Waals surface area contributed by atoms with Gasteiger partial charge < -0.3 is 15.1 Å². The molecule has 0 bridgehead atoms. The van der Waals surface area contributed by atoms with E-state index in [4.69, 9.17) is 0 Å². The predicted octanol–water partition coefficient (Wildman–Crippen LogP) is 2.06. The molecule has 0 saturated carbocycles. The standard InChI is InChI=1S/C15H25NO2/c1-12(17)10-16(4)11-15(2,3)14(18)13-8-6-5-7-9-13/h5-9,12,14,17-18H,10-11H2,1-4H3. The van der Waals surface area contributed by atoms with Gasteiger partial charge in [0.05, 0.1) is 12.2 Å². The van der Waals surface area contributed by atoms with Crippen molar-refractivity contribution < 1.29 is 10.2 Å². The molecule has 1 aromatic rings. The Morgan fingerprint density at radius 1 is 1.17 bits per heavy atom. The fraction of sp³-hybridized carbons (Fsp3) is 0.600. The van der Waals surface area contributed by atoms with E-state index in [1.54, 1.807) is 6.92 Å². The number of benzene rings is 1. The summed E-state index contributed by atoms with van der Waals surface area (Å²) in [7, 11) is 1.96. The summed E-state index contributed by atoms with van der Waals surface area (Å²) >= 11 is 0. The average molecular weight is 251 g/mol. The van der Waals surface area contributed by atoms with Gasteiger partial charge in [-0.25, -0.2) is 0 Å². The van der Waals surface area contributed by atoms with Gasteiger partial charge in [-0.1, -0.05) is 44.2 Å². The van der Waals surface area contributed by atoms with E-state index in [2.05, 4.69) is 4.90 Å². The summed E-state index contributed by atoms with van der Waals surface area (Å²) in [4.78, 5) is 2.05. The van der Waals surface area contributed by atoms with E-state index in [0.29, 0.717) is 6.54 Å². The lowest BCUT2D eigenvalue weighted by molar-refractivity contribution is 0.0172. The van der Waals surface area contributed by atoms with Gasteiger partial charge in [0.2, 0.25) is 0 Å². The smallest absolute Gasteiger partial charge is 0.0853 e. The van der Waals surface area contributed by atoms with Gasteiger partial charge in [0.25, 0.3) is 0 Å². The van der Waals surface area contributed by atoms with E-state index in [9.17, 15) is 10.2 Å². The topological polar surface area (TPSA) is 43.7 Å². The Balaban J connectivity index is 2.68. The molecule has 0 saturated heterocycles. The SMILES string of the molecule is CC(O)CN(C)CC(C)(C)C(O)c1ccccc1. The molecule has 0 aliphatic carbocycles. The van der Waals surface area contributed by atoms with Crippen molar-refractivity contribution >= 4 is 0 Å². The molecule has 3 nitrogen and oxygen atoms in total. The van der Waals surface area contributed by atoms with Crippen molar-refractivity contribution in [2.24, 2.45) is 5.41 Å². The number of aliphatic hydroxyl groups excluding tert-OH is 2. The van der Waals surface area contributed by atoms with Crippen LogP contribution in [0.1, 0.15) is 32.4 Å². The normalized spacial score (nSPS) is 15.7. The highest BCUT2D eigenvalue weighted by Gasteiger charge is 2.30. The van der Waals surface area contributed by atoms with Gasteiger partial charge in [0.15, 0.2) is 0 Å². The van der Waals surface area contributed by atoms with Gasteiger partial charge in [-0.3, -0.25) is 0 Å². The molecule has 2 unspecified atom stereocenters. The number of rotatable bonds is 6. The zero-order chi connectivity index (χ0) is 13.8. The highest BCUT2D eigenvalue weighted by Crippen LogP contribution is 2.33. The molecule has 102 valence electrons. The summed E-state index contributed by atoms with van der Waals surface area (Å²) in [5.41, 5.74) is 0.679. The van der Waals surface area contributed by atoms with E-state index in [0.717, 1.165) is 12.1 Å². The monoisotopic (exact) mass is 251 g/mol. The average Bonchev–Trinajstić information content (AvgIpc) is 2.27. The maximum Gasteiger partial charge on any atom is 0.0853 e. The van der Waals surface area contributed by atoms with Crippen LogP contribution in [0.2, 0.25) is 0 Å². The van der Waals surface area contributed by atoms with Gasteiger partial charge >= 0.3 is 0 Å². The van der Waals surface area contributed by atoms with Crippen molar-refractivity contribution in [1.82, 2.24) is 4.90 Å². The zero-order valence-corrected chi connectivity index (χ0v) is 11.8. The van der Waals surface area contributed by atoms with Crippen molar-refractivity contribution in [2.75, 3.05) is 20.1 Å². The molecule has 18 heavy (non-hydrogen) atoms. The van der Waals surface area contributed by atoms with E-state index in [1.165, 1.54) is 0 Å². The third-order valence-corrected chi connectivity index (χ3v) is 3.11. The Labute approximate surface area is 110 Å². The van der Waals surface area contributed by atoms with Gasteiger partial charge in [-0.15, -0.1) is 0 Å². The highest BCUT2D eigenvalue weighted by atomic mass is 16.3. The van der Waals surface area contributed by atoms with Crippen molar-refractivity contribution in [3.63, 3.8) is 0 Å². The molecule has 0 aliphatic heterocycles. The summed E-state index contributed by atoms with van der Waals surface area (Å²) in [5, 5.41) is 19.8. The Morgan fingerprint density at radius 3 is 2.22 bits per heavy atom. The summed E-state index contributed by atoms with van der Waals surface area (Å²) in [6.07, 6.45) is -0.852. The lowest BCUT2D eigenvalue weighted by Gasteiger charge is -2.35. The van der Waals surface area contributed by atoms with Crippen LogP contribution in [-0.2, 0) is 0 Å². The van der Waals surface area contributed by atoms with Crippen molar-refractivity contribution in [1.29, 1.82) is 0 Å².